The predicted octanol–water partition coefficient (Wildman–Crippen LogP) is 3.88. The Morgan fingerprint density at radius 3 is 2.33 bits per heavy atom. The summed E-state index contributed by atoms with van der Waals surface area (Å²) in [4.78, 5) is 24.9. The average Bonchev–Trinajstić information content (AvgIpc) is 3.45. The van der Waals surface area contributed by atoms with Crippen molar-refractivity contribution in [1.82, 2.24) is 0 Å². The zero-order valence-corrected chi connectivity index (χ0v) is 16.1. The molecule has 2 amide bonds. The van der Waals surface area contributed by atoms with Crippen LogP contribution in [-0.4, -0.2) is 26.0 Å². The number of carbonyl (C=O) groups excluding carboxylic acids is 2. The van der Waals surface area contributed by atoms with Gasteiger partial charge in [-0.25, -0.2) is 0 Å². The molecule has 2 unspecified atom stereocenters. The third kappa shape index (κ3) is 4.34. The Balaban J connectivity index is 1.61. The maximum atomic E-state index is 12.5. The number of nitrogens with one attached hydrogen (secondary N) is 2. The summed E-state index contributed by atoms with van der Waals surface area (Å²) in [5, 5.41) is 6.22. The molecule has 0 aromatic heterocycles. The molecule has 0 heterocycles. The van der Waals surface area contributed by atoms with Crippen LogP contribution in [0.2, 0.25) is 5.02 Å². The van der Waals surface area contributed by atoms with Crippen molar-refractivity contribution in [3.63, 3.8) is 0 Å². The van der Waals surface area contributed by atoms with E-state index in [2.05, 4.69) is 10.6 Å². The van der Waals surface area contributed by atoms with Crippen molar-refractivity contribution in [2.75, 3.05) is 24.9 Å². The summed E-state index contributed by atoms with van der Waals surface area (Å²) in [7, 11) is 3.07. The van der Waals surface area contributed by atoms with Crippen LogP contribution in [0.25, 0.3) is 0 Å². The van der Waals surface area contributed by atoms with E-state index in [9.17, 15) is 9.59 Å². The van der Waals surface area contributed by atoms with Crippen molar-refractivity contribution in [2.45, 2.75) is 13.3 Å². The number of aryl methyl sites for hydroxylation is 1. The van der Waals surface area contributed by atoms with Crippen LogP contribution in [0.15, 0.2) is 36.4 Å². The maximum absolute atomic E-state index is 12.5. The van der Waals surface area contributed by atoms with E-state index < -0.39 is 0 Å². The van der Waals surface area contributed by atoms with Crippen molar-refractivity contribution in [1.29, 1.82) is 0 Å². The van der Waals surface area contributed by atoms with Crippen LogP contribution in [-0.2, 0) is 9.59 Å². The Morgan fingerprint density at radius 1 is 1.00 bits per heavy atom. The second-order valence-corrected chi connectivity index (χ2v) is 6.86. The molecule has 0 radical (unpaired) electrons. The third-order valence-corrected chi connectivity index (χ3v) is 4.98. The molecular formula is C20H21ClN2O4. The highest BCUT2D eigenvalue weighted by Crippen LogP contribution is 2.41. The summed E-state index contributed by atoms with van der Waals surface area (Å²) >= 11 is 6.08. The van der Waals surface area contributed by atoms with Crippen LogP contribution >= 0.6 is 11.6 Å². The highest BCUT2D eigenvalue weighted by molar-refractivity contribution is 6.31. The number of hydrogen-bond acceptors (Lipinski definition) is 4. The monoisotopic (exact) mass is 388 g/mol. The lowest BCUT2D eigenvalue weighted by atomic mass is 10.2. The van der Waals surface area contributed by atoms with E-state index in [-0.39, 0.29) is 23.7 Å². The number of anilines is 2. The molecule has 2 atom stereocenters. The molecule has 3 rings (SSSR count). The second kappa shape index (κ2) is 7.88. The van der Waals surface area contributed by atoms with Gasteiger partial charge in [-0.15, -0.1) is 0 Å². The molecule has 0 saturated heterocycles. The molecule has 27 heavy (non-hydrogen) atoms. The largest absolute Gasteiger partial charge is 0.497 e. The number of rotatable bonds is 6. The molecule has 0 aliphatic heterocycles. The third-order valence-electron chi connectivity index (χ3n) is 4.57. The Hall–Kier alpha value is -2.73. The Bertz CT molecular complexity index is 884. The lowest BCUT2D eigenvalue weighted by Gasteiger charge is -2.12. The van der Waals surface area contributed by atoms with Crippen LogP contribution in [0, 0.1) is 18.8 Å². The number of hydrogen-bond donors (Lipinski definition) is 2. The molecule has 1 aliphatic carbocycles. The van der Waals surface area contributed by atoms with Gasteiger partial charge >= 0.3 is 0 Å². The molecule has 1 fully saturated rings. The smallest absolute Gasteiger partial charge is 0.228 e. The number of amides is 2. The summed E-state index contributed by atoms with van der Waals surface area (Å²) in [6, 6.07) is 10.5. The zero-order chi connectivity index (χ0) is 19.6. The van der Waals surface area contributed by atoms with Gasteiger partial charge in [0.05, 0.1) is 31.7 Å². The summed E-state index contributed by atoms with van der Waals surface area (Å²) in [5.41, 5.74) is 2.07. The first-order valence-electron chi connectivity index (χ1n) is 8.53. The highest BCUT2D eigenvalue weighted by Gasteiger charge is 2.48. The minimum Gasteiger partial charge on any atom is -0.497 e. The van der Waals surface area contributed by atoms with E-state index in [0.29, 0.717) is 34.3 Å². The standard InChI is InChI=1S/C20H21ClN2O4/c1-11-4-5-12(8-16(11)21)22-19(24)14-10-15(14)20(25)23-17-9-13(26-2)6-7-18(17)27-3/h4-9,14-15H,10H2,1-3H3,(H,22,24)(H,23,25). The van der Waals surface area contributed by atoms with E-state index in [0.717, 1.165) is 5.56 Å². The number of ether oxygens (including phenoxy) is 2. The van der Waals surface area contributed by atoms with Crippen molar-refractivity contribution < 1.29 is 19.1 Å². The quantitative estimate of drug-likeness (QED) is 0.787. The topological polar surface area (TPSA) is 76.7 Å². The summed E-state index contributed by atoms with van der Waals surface area (Å²) in [5.74, 6) is -0.00707. The van der Waals surface area contributed by atoms with Gasteiger partial charge in [-0.1, -0.05) is 17.7 Å². The first kappa shape index (κ1) is 19.0. The van der Waals surface area contributed by atoms with Gasteiger partial charge < -0.3 is 20.1 Å². The molecule has 1 saturated carbocycles. The van der Waals surface area contributed by atoms with Gasteiger partial charge in [0.15, 0.2) is 0 Å². The average molecular weight is 389 g/mol. The van der Waals surface area contributed by atoms with Gasteiger partial charge in [0.1, 0.15) is 11.5 Å². The minimum atomic E-state index is -0.373. The van der Waals surface area contributed by atoms with E-state index >= 15 is 0 Å². The Morgan fingerprint density at radius 2 is 1.70 bits per heavy atom. The molecule has 0 spiro atoms. The molecular weight excluding hydrogens is 368 g/mol. The fraction of sp³-hybridized carbons (Fsp3) is 0.300. The van der Waals surface area contributed by atoms with Crippen LogP contribution in [0.5, 0.6) is 11.5 Å². The first-order chi connectivity index (χ1) is 12.9. The van der Waals surface area contributed by atoms with Gasteiger partial charge in [0, 0.05) is 16.8 Å². The highest BCUT2D eigenvalue weighted by atomic mass is 35.5. The molecule has 2 aromatic carbocycles. The molecule has 0 bridgehead atoms. The molecule has 2 aromatic rings. The van der Waals surface area contributed by atoms with E-state index in [4.69, 9.17) is 21.1 Å². The maximum Gasteiger partial charge on any atom is 0.228 e. The molecule has 2 N–H and O–H groups in total. The number of carbonyl (C=O) groups is 2. The van der Waals surface area contributed by atoms with Gasteiger partial charge in [-0.2, -0.15) is 0 Å². The van der Waals surface area contributed by atoms with E-state index in [1.165, 1.54) is 7.11 Å². The fourth-order valence-corrected chi connectivity index (χ4v) is 3.00. The fourth-order valence-electron chi connectivity index (χ4n) is 2.82. The van der Waals surface area contributed by atoms with Crippen LogP contribution in [0.4, 0.5) is 11.4 Å². The summed E-state index contributed by atoms with van der Waals surface area (Å²) in [6.45, 7) is 1.89. The Kier molecular flexibility index (Phi) is 5.56. The van der Waals surface area contributed by atoms with Gasteiger partial charge in [-0.05, 0) is 43.2 Å². The normalized spacial score (nSPS) is 17.8. The van der Waals surface area contributed by atoms with Gasteiger partial charge in [0.25, 0.3) is 0 Å². The van der Waals surface area contributed by atoms with Crippen molar-refractivity contribution in [3.05, 3.63) is 47.0 Å². The molecule has 7 heteroatoms. The van der Waals surface area contributed by atoms with Crippen molar-refractivity contribution in [3.8, 4) is 11.5 Å². The molecule has 6 nitrogen and oxygen atoms in total. The van der Waals surface area contributed by atoms with Gasteiger partial charge in [0.2, 0.25) is 11.8 Å². The summed E-state index contributed by atoms with van der Waals surface area (Å²) in [6.07, 6.45) is 0.504. The number of methoxy groups -OCH3 is 2. The SMILES string of the molecule is COc1ccc(OC)c(NC(=O)C2CC2C(=O)Nc2ccc(C)c(Cl)c2)c1. The first-order valence-corrected chi connectivity index (χ1v) is 8.90. The molecule has 142 valence electrons. The van der Waals surface area contributed by atoms with Crippen molar-refractivity contribution >= 4 is 34.8 Å². The number of benzene rings is 2. The lowest BCUT2D eigenvalue weighted by molar-refractivity contribution is -0.122. The van der Waals surface area contributed by atoms with Crippen LogP contribution < -0.4 is 20.1 Å². The zero-order valence-electron chi connectivity index (χ0n) is 15.3. The van der Waals surface area contributed by atoms with Crippen molar-refractivity contribution in [2.24, 2.45) is 11.8 Å². The predicted molar refractivity (Wildman–Crippen MR) is 105 cm³/mol. The minimum absolute atomic E-state index is 0.187. The second-order valence-electron chi connectivity index (χ2n) is 6.46. The molecule has 1 aliphatic rings. The Labute approximate surface area is 162 Å². The van der Waals surface area contributed by atoms with E-state index in [1.54, 1.807) is 37.4 Å². The lowest BCUT2D eigenvalue weighted by Crippen LogP contribution is -2.20. The van der Waals surface area contributed by atoms with Gasteiger partial charge in [-0.3, -0.25) is 9.59 Å². The number of halogens is 1. The van der Waals surface area contributed by atoms with Crippen LogP contribution in [0.1, 0.15) is 12.0 Å². The summed E-state index contributed by atoms with van der Waals surface area (Å²) < 4.78 is 10.4. The van der Waals surface area contributed by atoms with Crippen LogP contribution in [0.3, 0.4) is 0 Å². The van der Waals surface area contributed by atoms with E-state index in [1.807, 2.05) is 13.0 Å².